The molecule has 0 saturated carbocycles. The minimum atomic E-state index is -0.290. The topological polar surface area (TPSA) is 41.5 Å². The molecule has 0 spiro atoms. The van der Waals surface area contributed by atoms with Gasteiger partial charge in [0.2, 0.25) is 0 Å². The summed E-state index contributed by atoms with van der Waals surface area (Å²) < 4.78 is 5.10. The summed E-state index contributed by atoms with van der Waals surface area (Å²) in [6.45, 7) is 6.42. The van der Waals surface area contributed by atoms with Crippen LogP contribution in [0.5, 0.6) is 0 Å². The maximum Gasteiger partial charge on any atom is 0.0693 e. The Labute approximate surface area is 68.8 Å². The standard InChI is InChI=1S/C8H19NO2/c1-6(10)5-9-7(2)8(3)11-4/h6-10H,5H2,1-4H3. The molecule has 0 aromatic carbocycles. The molecule has 0 aromatic heterocycles. The van der Waals surface area contributed by atoms with Crippen molar-refractivity contribution in [3.63, 3.8) is 0 Å². The molecule has 0 bridgehead atoms. The van der Waals surface area contributed by atoms with Gasteiger partial charge in [0, 0.05) is 19.7 Å². The molecule has 0 heterocycles. The van der Waals surface area contributed by atoms with E-state index in [2.05, 4.69) is 5.32 Å². The van der Waals surface area contributed by atoms with E-state index in [1.165, 1.54) is 0 Å². The van der Waals surface area contributed by atoms with Crippen LogP contribution in [0.2, 0.25) is 0 Å². The van der Waals surface area contributed by atoms with Gasteiger partial charge in [0.1, 0.15) is 0 Å². The summed E-state index contributed by atoms with van der Waals surface area (Å²) in [7, 11) is 1.69. The lowest BCUT2D eigenvalue weighted by Gasteiger charge is -2.20. The lowest BCUT2D eigenvalue weighted by Crippen LogP contribution is -2.40. The van der Waals surface area contributed by atoms with Crippen LogP contribution in [0.3, 0.4) is 0 Å². The Kier molecular flexibility index (Phi) is 5.46. The quantitative estimate of drug-likeness (QED) is 0.612. The van der Waals surface area contributed by atoms with E-state index in [1.54, 1.807) is 14.0 Å². The third kappa shape index (κ3) is 5.18. The van der Waals surface area contributed by atoms with Gasteiger partial charge in [0.05, 0.1) is 12.2 Å². The molecule has 2 N–H and O–H groups in total. The lowest BCUT2D eigenvalue weighted by molar-refractivity contribution is 0.0823. The summed E-state index contributed by atoms with van der Waals surface area (Å²) >= 11 is 0. The van der Waals surface area contributed by atoms with Gasteiger partial charge in [0.25, 0.3) is 0 Å². The average molecular weight is 161 g/mol. The molecule has 3 unspecified atom stereocenters. The van der Waals surface area contributed by atoms with E-state index < -0.39 is 0 Å². The number of ether oxygens (including phenoxy) is 1. The minimum absolute atomic E-state index is 0.189. The summed E-state index contributed by atoms with van der Waals surface area (Å²) in [6.07, 6.45) is -0.102. The second-order valence-electron chi connectivity index (χ2n) is 2.99. The molecule has 0 aromatic rings. The van der Waals surface area contributed by atoms with Gasteiger partial charge in [-0.05, 0) is 20.8 Å². The predicted molar refractivity (Wildman–Crippen MR) is 45.6 cm³/mol. The normalized spacial score (nSPS) is 19.4. The number of methoxy groups -OCH3 is 1. The van der Waals surface area contributed by atoms with Gasteiger partial charge in [-0.25, -0.2) is 0 Å². The second kappa shape index (κ2) is 5.52. The first-order chi connectivity index (χ1) is 5.07. The van der Waals surface area contributed by atoms with Crippen LogP contribution in [0.4, 0.5) is 0 Å². The molecular weight excluding hydrogens is 142 g/mol. The molecule has 0 amide bonds. The number of rotatable bonds is 5. The van der Waals surface area contributed by atoms with Gasteiger partial charge in [0.15, 0.2) is 0 Å². The first-order valence-electron chi connectivity index (χ1n) is 4.02. The van der Waals surface area contributed by atoms with Crippen LogP contribution in [-0.4, -0.2) is 37.0 Å². The van der Waals surface area contributed by atoms with Crippen LogP contribution >= 0.6 is 0 Å². The van der Waals surface area contributed by atoms with E-state index in [0.29, 0.717) is 6.54 Å². The Balaban J connectivity index is 3.43. The molecule has 0 fully saturated rings. The second-order valence-corrected chi connectivity index (χ2v) is 2.99. The molecule has 3 nitrogen and oxygen atoms in total. The number of aliphatic hydroxyl groups excluding tert-OH is 1. The van der Waals surface area contributed by atoms with Crippen LogP contribution in [-0.2, 0) is 4.74 Å². The lowest BCUT2D eigenvalue weighted by atomic mass is 10.2. The molecule has 0 rings (SSSR count). The fourth-order valence-corrected chi connectivity index (χ4v) is 0.727. The van der Waals surface area contributed by atoms with Crippen LogP contribution < -0.4 is 5.32 Å². The molecule has 0 aliphatic rings. The largest absolute Gasteiger partial charge is 0.392 e. The van der Waals surface area contributed by atoms with Gasteiger partial charge >= 0.3 is 0 Å². The van der Waals surface area contributed by atoms with Crippen molar-refractivity contribution in [1.82, 2.24) is 5.32 Å². The minimum Gasteiger partial charge on any atom is -0.392 e. The third-order valence-electron chi connectivity index (χ3n) is 1.81. The van der Waals surface area contributed by atoms with Crippen LogP contribution in [0.1, 0.15) is 20.8 Å². The van der Waals surface area contributed by atoms with E-state index in [-0.39, 0.29) is 18.2 Å². The van der Waals surface area contributed by atoms with Crippen molar-refractivity contribution in [2.75, 3.05) is 13.7 Å². The van der Waals surface area contributed by atoms with Crippen molar-refractivity contribution >= 4 is 0 Å². The zero-order chi connectivity index (χ0) is 8.85. The number of hydrogen-bond donors (Lipinski definition) is 2. The summed E-state index contributed by atoms with van der Waals surface area (Å²) in [6, 6.07) is 0.287. The molecule has 11 heavy (non-hydrogen) atoms. The zero-order valence-electron chi connectivity index (χ0n) is 7.79. The third-order valence-corrected chi connectivity index (χ3v) is 1.81. The van der Waals surface area contributed by atoms with Crippen LogP contribution in [0, 0.1) is 0 Å². The highest BCUT2D eigenvalue weighted by Gasteiger charge is 2.10. The summed E-state index contributed by atoms with van der Waals surface area (Å²) in [5.74, 6) is 0. The van der Waals surface area contributed by atoms with E-state index >= 15 is 0 Å². The van der Waals surface area contributed by atoms with Crippen molar-refractivity contribution < 1.29 is 9.84 Å². The molecule has 0 saturated heterocycles. The molecule has 3 atom stereocenters. The Morgan fingerprint density at radius 2 is 1.91 bits per heavy atom. The Morgan fingerprint density at radius 1 is 1.36 bits per heavy atom. The highest BCUT2D eigenvalue weighted by Crippen LogP contribution is 1.95. The average Bonchev–Trinajstić information content (AvgIpc) is 1.98. The molecule has 68 valence electrons. The maximum atomic E-state index is 8.95. The molecule has 0 aliphatic carbocycles. The van der Waals surface area contributed by atoms with E-state index in [1.807, 2.05) is 13.8 Å². The van der Waals surface area contributed by atoms with Crippen molar-refractivity contribution in [2.24, 2.45) is 0 Å². The number of hydrogen-bond acceptors (Lipinski definition) is 3. The fourth-order valence-electron chi connectivity index (χ4n) is 0.727. The van der Waals surface area contributed by atoms with E-state index in [4.69, 9.17) is 9.84 Å². The van der Waals surface area contributed by atoms with Crippen LogP contribution in [0.15, 0.2) is 0 Å². The van der Waals surface area contributed by atoms with E-state index in [0.717, 1.165) is 0 Å². The predicted octanol–water partition coefficient (Wildman–Crippen LogP) is 0.380. The Bertz CT molecular complexity index is 96.1. The number of aliphatic hydroxyl groups is 1. The fraction of sp³-hybridized carbons (Fsp3) is 1.00. The maximum absolute atomic E-state index is 8.95. The van der Waals surface area contributed by atoms with Gasteiger partial charge in [-0.1, -0.05) is 0 Å². The highest BCUT2D eigenvalue weighted by molar-refractivity contribution is 4.68. The van der Waals surface area contributed by atoms with Crippen LogP contribution in [0.25, 0.3) is 0 Å². The molecule has 0 radical (unpaired) electrons. The first-order valence-corrected chi connectivity index (χ1v) is 4.02. The first kappa shape index (κ1) is 10.9. The van der Waals surface area contributed by atoms with Gasteiger partial charge in [-0.15, -0.1) is 0 Å². The SMILES string of the molecule is COC(C)C(C)NCC(C)O. The molecule has 3 heteroatoms. The van der Waals surface area contributed by atoms with Crippen molar-refractivity contribution in [1.29, 1.82) is 0 Å². The van der Waals surface area contributed by atoms with E-state index in [9.17, 15) is 0 Å². The van der Waals surface area contributed by atoms with Gasteiger partial charge < -0.3 is 15.2 Å². The monoisotopic (exact) mass is 161 g/mol. The summed E-state index contributed by atoms with van der Waals surface area (Å²) in [4.78, 5) is 0. The highest BCUT2D eigenvalue weighted by atomic mass is 16.5. The summed E-state index contributed by atoms with van der Waals surface area (Å²) in [5.41, 5.74) is 0. The number of nitrogens with one attached hydrogen (secondary N) is 1. The summed E-state index contributed by atoms with van der Waals surface area (Å²) in [5, 5.41) is 12.1. The zero-order valence-corrected chi connectivity index (χ0v) is 7.79. The van der Waals surface area contributed by atoms with Crippen molar-refractivity contribution in [2.45, 2.75) is 39.0 Å². The molecular formula is C8H19NO2. The molecule has 0 aliphatic heterocycles. The smallest absolute Gasteiger partial charge is 0.0693 e. The van der Waals surface area contributed by atoms with Crippen molar-refractivity contribution in [3.8, 4) is 0 Å². The Hall–Kier alpha value is -0.120. The van der Waals surface area contributed by atoms with Gasteiger partial charge in [-0.3, -0.25) is 0 Å². The Morgan fingerprint density at radius 3 is 2.27 bits per heavy atom. The van der Waals surface area contributed by atoms with Gasteiger partial charge in [-0.2, -0.15) is 0 Å². The van der Waals surface area contributed by atoms with Crippen molar-refractivity contribution in [3.05, 3.63) is 0 Å².